The number of benzene rings is 3. The van der Waals surface area contributed by atoms with Crippen molar-refractivity contribution in [2.75, 3.05) is 39.9 Å². The van der Waals surface area contributed by atoms with Crippen LogP contribution >= 0.6 is 11.6 Å². The number of methoxy groups -OCH3 is 1. The molecule has 0 aliphatic carbocycles. The van der Waals surface area contributed by atoms with Crippen molar-refractivity contribution in [2.24, 2.45) is 0 Å². The van der Waals surface area contributed by atoms with Gasteiger partial charge >= 0.3 is 0 Å². The summed E-state index contributed by atoms with van der Waals surface area (Å²) in [7, 11) is -2.08. The van der Waals surface area contributed by atoms with E-state index in [0.717, 1.165) is 5.56 Å². The fraction of sp³-hybridized carbons (Fsp3) is 0.214. The van der Waals surface area contributed by atoms with Crippen LogP contribution in [0.25, 0.3) is 6.08 Å². The van der Waals surface area contributed by atoms with E-state index in [4.69, 9.17) is 21.1 Å². The lowest BCUT2D eigenvalue weighted by atomic mass is 10.1. The van der Waals surface area contributed by atoms with Crippen molar-refractivity contribution in [3.8, 4) is 11.5 Å². The number of piperazine rings is 1. The van der Waals surface area contributed by atoms with Gasteiger partial charge in [0.05, 0.1) is 12.0 Å². The maximum atomic E-state index is 12.8. The zero-order chi connectivity index (χ0) is 27.1. The lowest BCUT2D eigenvalue weighted by Crippen LogP contribution is -2.51. The Kier molecular flexibility index (Phi) is 8.83. The van der Waals surface area contributed by atoms with Crippen LogP contribution in [0.1, 0.15) is 15.9 Å². The molecule has 0 radical (unpaired) electrons. The first-order valence-corrected chi connectivity index (χ1v) is 13.7. The summed E-state index contributed by atoms with van der Waals surface area (Å²) in [6, 6.07) is 19.9. The average molecular weight is 555 g/mol. The first-order chi connectivity index (χ1) is 18.3. The van der Waals surface area contributed by atoms with Crippen molar-refractivity contribution in [3.63, 3.8) is 0 Å². The van der Waals surface area contributed by atoms with Crippen LogP contribution < -0.4 is 9.47 Å². The molecule has 1 aliphatic rings. The Morgan fingerprint density at radius 3 is 2.24 bits per heavy atom. The van der Waals surface area contributed by atoms with Crippen LogP contribution in [0.3, 0.4) is 0 Å². The molecule has 3 aromatic rings. The van der Waals surface area contributed by atoms with E-state index in [2.05, 4.69) is 0 Å². The Balaban J connectivity index is 1.26. The molecule has 10 heteroatoms. The smallest absolute Gasteiger partial charge is 0.260 e. The van der Waals surface area contributed by atoms with Gasteiger partial charge in [0, 0.05) is 42.3 Å². The summed E-state index contributed by atoms with van der Waals surface area (Å²) in [5.74, 6) is 0.709. The predicted octanol–water partition coefficient (Wildman–Crippen LogP) is 4.16. The second-order valence-corrected chi connectivity index (χ2v) is 10.9. The molecule has 3 aromatic carbocycles. The molecule has 0 saturated carbocycles. The van der Waals surface area contributed by atoms with E-state index in [1.54, 1.807) is 42.4 Å². The fourth-order valence-corrected chi connectivity index (χ4v) is 5.50. The molecule has 1 heterocycles. The van der Waals surface area contributed by atoms with E-state index in [0.29, 0.717) is 22.1 Å². The topological polar surface area (TPSA) is 93.2 Å². The van der Waals surface area contributed by atoms with E-state index in [-0.39, 0.29) is 49.4 Å². The number of para-hydroxylation sites is 1. The van der Waals surface area contributed by atoms with Gasteiger partial charge in [-0.25, -0.2) is 8.42 Å². The highest BCUT2D eigenvalue weighted by Crippen LogP contribution is 2.21. The second-order valence-electron chi connectivity index (χ2n) is 8.49. The minimum atomic E-state index is -3.65. The lowest BCUT2D eigenvalue weighted by molar-refractivity contribution is -0.134. The third-order valence-corrected chi connectivity index (χ3v) is 8.26. The number of carbonyl (C=O) groups excluding carboxylic acids is 2. The number of hydrogen-bond donors (Lipinski definition) is 0. The Morgan fingerprint density at radius 1 is 0.921 bits per heavy atom. The predicted molar refractivity (Wildman–Crippen MR) is 145 cm³/mol. The van der Waals surface area contributed by atoms with Crippen molar-refractivity contribution in [1.82, 2.24) is 9.21 Å². The number of amides is 1. The summed E-state index contributed by atoms with van der Waals surface area (Å²) in [5, 5.41) is 0.460. The summed E-state index contributed by atoms with van der Waals surface area (Å²) in [4.78, 5) is 26.9. The first-order valence-electron chi connectivity index (χ1n) is 11.9. The lowest BCUT2D eigenvalue weighted by Gasteiger charge is -2.34. The van der Waals surface area contributed by atoms with E-state index < -0.39 is 10.0 Å². The van der Waals surface area contributed by atoms with Crippen molar-refractivity contribution in [2.45, 2.75) is 4.90 Å². The summed E-state index contributed by atoms with van der Waals surface area (Å²) in [6.45, 7) is 0.721. The number of rotatable bonds is 9. The molecule has 8 nitrogen and oxygen atoms in total. The number of sulfonamides is 1. The molecule has 1 amide bonds. The van der Waals surface area contributed by atoms with Crippen LogP contribution in [-0.2, 0) is 14.8 Å². The van der Waals surface area contributed by atoms with Gasteiger partial charge < -0.3 is 14.4 Å². The summed E-state index contributed by atoms with van der Waals surface area (Å²) < 4.78 is 37.9. The number of hydrogen-bond acceptors (Lipinski definition) is 6. The number of ketones is 1. The maximum Gasteiger partial charge on any atom is 0.260 e. The SMILES string of the molecule is COc1ccccc1C=CC(=O)c1ccc(OCC(=O)N2CCN(S(=O)(=O)c3ccc(Cl)cc3)CC2)cc1. The molecule has 0 bridgehead atoms. The maximum absolute atomic E-state index is 12.8. The Hall–Kier alpha value is -3.66. The summed E-state index contributed by atoms with van der Waals surface area (Å²) >= 11 is 5.85. The Labute approximate surface area is 227 Å². The van der Waals surface area contributed by atoms with Crippen LogP contribution in [0.5, 0.6) is 11.5 Å². The Morgan fingerprint density at radius 2 is 1.58 bits per heavy atom. The first kappa shape index (κ1) is 27.4. The van der Waals surface area contributed by atoms with Crippen LogP contribution in [0.4, 0.5) is 0 Å². The highest BCUT2D eigenvalue weighted by atomic mass is 35.5. The van der Waals surface area contributed by atoms with Gasteiger partial charge in [0.1, 0.15) is 11.5 Å². The molecule has 38 heavy (non-hydrogen) atoms. The standard InChI is InChI=1S/C28H27ClN2O6S/c1-36-27-5-3-2-4-22(27)8-15-26(32)21-6-11-24(12-7-21)37-20-28(33)30-16-18-31(19-17-30)38(34,35)25-13-9-23(29)10-14-25/h2-15H,16-20H2,1H3. The second kappa shape index (κ2) is 12.3. The van der Waals surface area contributed by atoms with Gasteiger partial charge in [-0.1, -0.05) is 29.8 Å². The fourth-order valence-electron chi connectivity index (χ4n) is 3.95. The minimum absolute atomic E-state index is 0.169. The summed E-state index contributed by atoms with van der Waals surface area (Å²) in [5.41, 5.74) is 1.28. The van der Waals surface area contributed by atoms with Crippen molar-refractivity contribution < 1.29 is 27.5 Å². The number of ether oxygens (including phenoxy) is 2. The van der Waals surface area contributed by atoms with Crippen molar-refractivity contribution in [1.29, 1.82) is 0 Å². The molecule has 0 spiro atoms. The van der Waals surface area contributed by atoms with Crippen LogP contribution in [0.2, 0.25) is 5.02 Å². The van der Waals surface area contributed by atoms with E-state index in [9.17, 15) is 18.0 Å². The zero-order valence-corrected chi connectivity index (χ0v) is 22.3. The molecular formula is C28H27ClN2O6S. The average Bonchev–Trinajstić information content (AvgIpc) is 2.95. The number of carbonyl (C=O) groups is 2. The van der Waals surface area contributed by atoms with Crippen molar-refractivity contribution in [3.05, 3.63) is 95.0 Å². The van der Waals surface area contributed by atoms with E-state index in [1.807, 2.05) is 24.3 Å². The molecule has 0 N–H and O–H groups in total. The van der Waals surface area contributed by atoms with Gasteiger partial charge in [0.25, 0.3) is 5.91 Å². The molecule has 198 valence electrons. The molecule has 0 aromatic heterocycles. The number of halogens is 1. The molecule has 4 rings (SSSR count). The third-order valence-electron chi connectivity index (χ3n) is 6.10. The molecule has 0 atom stereocenters. The van der Waals surface area contributed by atoms with Crippen LogP contribution in [0, 0.1) is 0 Å². The van der Waals surface area contributed by atoms with E-state index >= 15 is 0 Å². The van der Waals surface area contributed by atoms with Crippen LogP contribution in [-0.4, -0.2) is 69.2 Å². The van der Waals surface area contributed by atoms with Gasteiger partial charge in [0.15, 0.2) is 12.4 Å². The molecule has 0 unspecified atom stereocenters. The van der Waals surface area contributed by atoms with Crippen molar-refractivity contribution >= 4 is 39.4 Å². The number of nitrogens with zero attached hydrogens (tertiary/aromatic N) is 2. The largest absolute Gasteiger partial charge is 0.496 e. The van der Waals surface area contributed by atoms with Gasteiger partial charge in [-0.3, -0.25) is 9.59 Å². The van der Waals surface area contributed by atoms with E-state index in [1.165, 1.54) is 34.6 Å². The molecule has 1 aliphatic heterocycles. The van der Waals surface area contributed by atoms with Gasteiger partial charge in [-0.15, -0.1) is 0 Å². The highest BCUT2D eigenvalue weighted by molar-refractivity contribution is 7.89. The number of allylic oxidation sites excluding steroid dienone is 1. The van der Waals surface area contributed by atoms with Gasteiger partial charge in [0.2, 0.25) is 10.0 Å². The molecular weight excluding hydrogens is 528 g/mol. The zero-order valence-electron chi connectivity index (χ0n) is 20.7. The molecule has 1 fully saturated rings. The summed E-state index contributed by atoms with van der Waals surface area (Å²) in [6.07, 6.45) is 3.18. The minimum Gasteiger partial charge on any atom is -0.496 e. The molecule has 1 saturated heterocycles. The van der Waals surface area contributed by atoms with Gasteiger partial charge in [-0.2, -0.15) is 4.31 Å². The monoisotopic (exact) mass is 554 g/mol. The highest BCUT2D eigenvalue weighted by Gasteiger charge is 2.30. The normalized spacial score (nSPS) is 14.4. The van der Waals surface area contributed by atoms with Crippen LogP contribution in [0.15, 0.2) is 83.8 Å². The quantitative estimate of drug-likeness (QED) is 0.291. The third kappa shape index (κ3) is 6.61. The Bertz CT molecular complexity index is 1410. The van der Waals surface area contributed by atoms with Gasteiger partial charge in [-0.05, 0) is 66.7 Å².